The molecule has 8 rings (SSSR count). The number of hydrogen-bond donors (Lipinski definition) is 0. The number of hydrogen-bond acceptors (Lipinski definition) is 0. The third-order valence-corrected chi connectivity index (χ3v) is 11.3. The molecule has 0 aliphatic heterocycles. The van der Waals surface area contributed by atoms with Crippen molar-refractivity contribution >= 4 is 48.1 Å². The number of benzene rings is 6. The Labute approximate surface area is 395 Å². The quantitative estimate of drug-likeness (QED) is 0.115. The van der Waals surface area contributed by atoms with Crippen molar-refractivity contribution in [1.82, 2.24) is 0 Å². The van der Waals surface area contributed by atoms with Crippen LogP contribution in [-0.2, 0) is 31.7 Å². The van der Waals surface area contributed by atoms with Crippen LogP contribution in [0.5, 0.6) is 0 Å². The van der Waals surface area contributed by atoms with Gasteiger partial charge in [0.2, 0.25) is 0 Å². The van der Waals surface area contributed by atoms with Crippen molar-refractivity contribution in [1.29, 1.82) is 0 Å². The Morgan fingerprint density at radius 1 is 0.452 bits per heavy atom. The first kappa shape index (κ1) is 49.2. The van der Waals surface area contributed by atoms with Gasteiger partial charge in [-0.15, -0.1) is 69.1 Å². The number of rotatable bonds is 6. The molecule has 0 unspecified atom stereocenters. The van der Waals surface area contributed by atoms with Crippen molar-refractivity contribution in [2.45, 2.75) is 105 Å². The van der Waals surface area contributed by atoms with E-state index in [0.29, 0.717) is 11.8 Å². The Balaban J connectivity index is 0.000000208. The van der Waals surface area contributed by atoms with Crippen molar-refractivity contribution in [3.05, 3.63) is 180 Å². The first-order valence-corrected chi connectivity index (χ1v) is 30.2. The van der Waals surface area contributed by atoms with Gasteiger partial charge in [-0.1, -0.05) is 214 Å². The molecule has 0 heterocycles. The minimum atomic E-state index is -0.826. The predicted octanol–water partition coefficient (Wildman–Crippen LogP) is 18.8. The van der Waals surface area contributed by atoms with Crippen LogP contribution >= 0.6 is 17.0 Å². The van der Waals surface area contributed by atoms with Gasteiger partial charge < -0.3 is 0 Å². The second-order valence-corrected chi connectivity index (χ2v) is 23.5. The van der Waals surface area contributed by atoms with Crippen LogP contribution in [0.25, 0.3) is 66.1 Å². The molecular formula is C58H64Cl2SiZr. The van der Waals surface area contributed by atoms with Crippen LogP contribution < -0.4 is 0 Å². The van der Waals surface area contributed by atoms with Gasteiger partial charge in [0, 0.05) is 9.52 Å². The van der Waals surface area contributed by atoms with Crippen molar-refractivity contribution in [3.8, 4) is 44.5 Å². The van der Waals surface area contributed by atoms with Crippen LogP contribution in [0.2, 0.25) is 13.1 Å². The van der Waals surface area contributed by atoms with E-state index in [4.69, 9.17) is 17.0 Å². The van der Waals surface area contributed by atoms with Gasteiger partial charge in [0.05, 0.1) is 0 Å². The Hall–Kier alpha value is -3.78. The molecule has 2 radical (unpaired) electrons. The molecule has 0 aromatic heterocycles. The molecule has 0 saturated heterocycles. The topological polar surface area (TPSA) is 0 Å². The summed E-state index contributed by atoms with van der Waals surface area (Å²) < 4.78 is 0. The monoisotopic (exact) mass is 948 g/mol. The van der Waals surface area contributed by atoms with Gasteiger partial charge in [-0.05, 0) is 56.0 Å². The van der Waals surface area contributed by atoms with E-state index < -0.39 is 20.8 Å². The van der Waals surface area contributed by atoms with E-state index in [-0.39, 0.29) is 10.8 Å². The Bertz CT molecular complexity index is 2450. The van der Waals surface area contributed by atoms with Gasteiger partial charge in [0.15, 0.2) is 0 Å². The van der Waals surface area contributed by atoms with Gasteiger partial charge in [-0.25, -0.2) is 0 Å². The molecule has 8 aromatic carbocycles. The summed E-state index contributed by atoms with van der Waals surface area (Å²) in [5, 5.41) is 5.43. The molecule has 0 amide bonds. The van der Waals surface area contributed by atoms with E-state index in [1.807, 2.05) is 0 Å². The normalized spacial score (nSPS) is 11.4. The maximum atomic E-state index is 4.93. The summed E-state index contributed by atoms with van der Waals surface area (Å²) in [6, 6.07) is 58.0. The molecule has 0 spiro atoms. The molecule has 0 N–H and O–H groups in total. The summed E-state index contributed by atoms with van der Waals surface area (Å²) in [6.45, 7) is 27.3. The molecule has 0 aliphatic rings. The standard InChI is InChI=1S/2C28H29.C2H6Si.2ClH.Zr/c2*1-19(2)22-17-21-15-16-26(28(3,4)5)27(25(21)18-22)24-14-10-9-13-23(24)20-11-7-6-8-12-20;1-3-2;;;/h2*6-19H,1-5H3;1-2H3;2*1H;/q2*-1;;;;+4/p-2. The zero-order valence-corrected chi connectivity index (χ0v) is 43.9. The number of halogens is 2. The summed E-state index contributed by atoms with van der Waals surface area (Å²) in [5.41, 5.74) is 16.3. The Kier molecular flexibility index (Phi) is 17.6. The Morgan fingerprint density at radius 2 is 0.742 bits per heavy atom. The fraction of sp³-hybridized carbons (Fsp3) is 0.276. The van der Waals surface area contributed by atoms with E-state index in [2.05, 4.69) is 240 Å². The molecule has 62 heavy (non-hydrogen) atoms. The number of fused-ring (bicyclic) bond motifs is 2. The van der Waals surface area contributed by atoms with Gasteiger partial charge >= 0.3 is 37.9 Å². The molecule has 0 saturated carbocycles. The fourth-order valence-corrected chi connectivity index (χ4v) is 8.25. The minimum absolute atomic E-state index is 0.0720. The zero-order valence-electron chi connectivity index (χ0n) is 38.9. The summed E-state index contributed by atoms with van der Waals surface area (Å²) in [7, 11) is 11.0. The van der Waals surface area contributed by atoms with Gasteiger partial charge in [-0.3, -0.25) is 0 Å². The summed E-state index contributed by atoms with van der Waals surface area (Å²) in [5.74, 6) is 1.06. The molecular weight excluding hydrogens is 887 g/mol. The molecule has 0 nitrogen and oxygen atoms in total. The summed E-state index contributed by atoms with van der Waals surface area (Å²) in [4.78, 5) is 0. The SMILES string of the molecule is CC(C)c1cc2c(-c3ccccc3-c3ccccc3)c(C(C)(C)C)ccc2[cH-]1.CC(C)c1cc2c(-c3ccccc3-c3ccccc3)c(C(C)(C)C)ccc2[cH-]1.C[Si]C.[Cl][Zr+2][Cl]. The van der Waals surface area contributed by atoms with Crippen LogP contribution in [0.15, 0.2) is 158 Å². The van der Waals surface area contributed by atoms with Crippen molar-refractivity contribution in [2.75, 3.05) is 0 Å². The molecule has 0 bridgehead atoms. The molecule has 0 atom stereocenters. The van der Waals surface area contributed by atoms with Crippen LogP contribution in [0.3, 0.4) is 0 Å². The van der Waals surface area contributed by atoms with Gasteiger partial charge in [-0.2, -0.15) is 12.1 Å². The van der Waals surface area contributed by atoms with Crippen LogP contribution in [0.1, 0.15) is 103 Å². The van der Waals surface area contributed by atoms with Gasteiger partial charge in [0.25, 0.3) is 0 Å². The molecule has 4 heteroatoms. The third-order valence-electron chi connectivity index (χ3n) is 11.3. The van der Waals surface area contributed by atoms with Crippen molar-refractivity contribution in [2.24, 2.45) is 0 Å². The zero-order chi connectivity index (χ0) is 45.2. The summed E-state index contributed by atoms with van der Waals surface area (Å²) in [6.07, 6.45) is 0. The van der Waals surface area contributed by atoms with E-state index in [1.165, 1.54) is 88.3 Å². The van der Waals surface area contributed by atoms with E-state index in [9.17, 15) is 0 Å². The van der Waals surface area contributed by atoms with Gasteiger partial charge in [0.1, 0.15) is 0 Å². The van der Waals surface area contributed by atoms with Crippen molar-refractivity contribution in [3.63, 3.8) is 0 Å². The molecule has 8 aromatic rings. The molecule has 318 valence electrons. The first-order valence-electron chi connectivity index (χ1n) is 21.9. The van der Waals surface area contributed by atoms with Crippen LogP contribution in [0.4, 0.5) is 0 Å². The average Bonchev–Trinajstić information content (AvgIpc) is 3.90. The molecule has 0 fully saturated rings. The third kappa shape index (κ3) is 11.9. The second-order valence-electron chi connectivity index (χ2n) is 18.8. The van der Waals surface area contributed by atoms with E-state index in [0.717, 1.165) is 9.52 Å². The van der Waals surface area contributed by atoms with Crippen molar-refractivity contribution < 1.29 is 20.8 Å². The average molecular weight is 951 g/mol. The second kappa shape index (κ2) is 22.2. The van der Waals surface area contributed by atoms with E-state index >= 15 is 0 Å². The van der Waals surface area contributed by atoms with E-state index in [1.54, 1.807) is 0 Å². The molecule has 0 aliphatic carbocycles. The Morgan fingerprint density at radius 3 is 1.03 bits per heavy atom. The first-order chi connectivity index (χ1) is 29.5. The summed E-state index contributed by atoms with van der Waals surface area (Å²) >= 11 is -0.826. The van der Waals surface area contributed by atoms with Crippen LogP contribution in [0, 0.1) is 0 Å². The maximum absolute atomic E-state index is 4.93. The fourth-order valence-electron chi connectivity index (χ4n) is 8.25. The van der Waals surface area contributed by atoms with Crippen LogP contribution in [-0.4, -0.2) is 9.52 Å². The predicted molar refractivity (Wildman–Crippen MR) is 276 cm³/mol.